The van der Waals surface area contributed by atoms with E-state index < -0.39 is 47.7 Å². The number of ether oxygens (including phenoxy) is 4. The largest absolute Gasteiger partial charge is 0.463 e. The summed E-state index contributed by atoms with van der Waals surface area (Å²) in [5.41, 5.74) is 2.16. The number of hydrogen-bond donors (Lipinski definition) is 2. The standard InChI is InChI=1S/C24H24ClFIN5O7/c1-3-36-20(33)23(21(34)37-4-2,9-11-5-7-12(27)8-6-11)39-16-15-24(16,35)14(26)19(38-15)32-10-29-13-17(28)30-22(25)31-18(13)32/h5-8,10,14-16,19,35H,3-4,9H2,1-2H3,(H2,28,30,31)/t14-,15-,16?,19-,24+/m1/s1. The molecule has 1 saturated heterocycles. The van der Waals surface area contributed by atoms with Gasteiger partial charge in [-0.1, -0.05) is 12.1 Å². The number of halogens is 3. The maximum absolute atomic E-state index is 15.9. The third-order valence-electron chi connectivity index (χ3n) is 6.66. The number of rotatable bonds is 9. The Kier molecular flexibility index (Phi) is 7.43. The molecule has 15 heteroatoms. The van der Waals surface area contributed by atoms with E-state index in [9.17, 15) is 14.7 Å². The Labute approximate surface area is 240 Å². The van der Waals surface area contributed by atoms with Crippen molar-refractivity contribution in [2.45, 2.75) is 56.1 Å². The number of nitrogen functional groups attached to an aromatic ring is 1. The molecule has 3 N–H and O–H groups in total. The third kappa shape index (κ3) is 4.61. The number of nitrogens with zero attached hydrogens (tertiary/aromatic N) is 4. The molecule has 5 rings (SSSR count). The van der Waals surface area contributed by atoms with Crippen molar-refractivity contribution in [1.29, 1.82) is 0 Å². The summed E-state index contributed by atoms with van der Waals surface area (Å²) in [5, 5.41) is 11.1. The first-order chi connectivity index (χ1) is 18.6. The van der Waals surface area contributed by atoms with Crippen LogP contribution in [0.3, 0.4) is 0 Å². The fraction of sp³-hybridized carbons (Fsp3) is 0.458. The molecule has 3 heterocycles. The summed E-state index contributed by atoms with van der Waals surface area (Å²) in [6.07, 6.45) is -5.09. The Morgan fingerprint density at radius 3 is 2.44 bits per heavy atom. The highest BCUT2D eigenvalue weighted by Crippen LogP contribution is 2.58. The van der Waals surface area contributed by atoms with Crippen molar-refractivity contribution in [3.8, 4) is 0 Å². The van der Waals surface area contributed by atoms with Gasteiger partial charge in [0.15, 0.2) is 29.5 Å². The molecule has 0 radical (unpaired) electrons. The zero-order valence-corrected chi connectivity index (χ0v) is 23.6. The van der Waals surface area contributed by atoms with Gasteiger partial charge in [-0.2, -0.15) is 9.97 Å². The fourth-order valence-corrected chi connectivity index (χ4v) is 5.23. The zero-order chi connectivity index (χ0) is 28.1. The van der Waals surface area contributed by atoms with Crippen LogP contribution in [0, 0.1) is 3.57 Å². The Bertz CT molecular complexity index is 1410. The molecule has 1 aromatic carbocycles. The Balaban J connectivity index is 1.46. The number of imidazole rings is 1. The summed E-state index contributed by atoms with van der Waals surface area (Å²) in [4.78, 5) is 38.5. The molecule has 0 spiro atoms. The maximum Gasteiger partial charge on any atom is 0.350 e. The van der Waals surface area contributed by atoms with E-state index in [-0.39, 0.29) is 41.9 Å². The van der Waals surface area contributed by atoms with Crippen LogP contribution in [0.25, 0.3) is 11.2 Å². The minimum Gasteiger partial charge on any atom is -0.463 e. The molecule has 1 saturated carbocycles. The molecular weight excluding hydrogens is 652 g/mol. The molecule has 208 valence electrons. The maximum atomic E-state index is 15.9. The minimum absolute atomic E-state index is 0.00788. The van der Waals surface area contributed by atoms with E-state index in [1.807, 2.05) is 0 Å². The molecule has 0 amide bonds. The number of anilines is 1. The van der Waals surface area contributed by atoms with Crippen LogP contribution >= 0.6 is 34.2 Å². The highest BCUT2D eigenvalue weighted by atomic mass is 127. The number of carbonyl (C=O) groups is 2. The minimum atomic E-state index is -2.32. The van der Waals surface area contributed by atoms with Crippen LogP contribution in [0.5, 0.6) is 0 Å². The molecular formula is C24H24ClFIN5O7. The van der Waals surface area contributed by atoms with Crippen LogP contribution in [0.1, 0.15) is 25.6 Å². The van der Waals surface area contributed by atoms with Crippen LogP contribution < -0.4 is 5.73 Å². The van der Waals surface area contributed by atoms with Crippen molar-refractivity contribution < 1.29 is 38.0 Å². The second-order valence-corrected chi connectivity index (χ2v) is 10.6. The van der Waals surface area contributed by atoms with E-state index in [2.05, 4.69) is 37.5 Å². The lowest BCUT2D eigenvalue weighted by molar-refractivity contribution is -0.201. The molecule has 2 aliphatic rings. The first kappa shape index (κ1) is 27.9. The van der Waals surface area contributed by atoms with Crippen molar-refractivity contribution in [3.05, 3.63) is 45.0 Å². The number of benzene rings is 1. The lowest BCUT2D eigenvalue weighted by atomic mass is 9.93. The summed E-state index contributed by atoms with van der Waals surface area (Å²) >= 11 is 8.03. The van der Waals surface area contributed by atoms with Crippen molar-refractivity contribution in [2.75, 3.05) is 18.9 Å². The Morgan fingerprint density at radius 1 is 1.23 bits per heavy atom. The molecule has 0 bridgehead atoms. The number of hydrogen-bond acceptors (Lipinski definition) is 11. The first-order valence-corrected chi connectivity index (χ1v) is 13.5. The van der Waals surface area contributed by atoms with Crippen LogP contribution in [0.15, 0.2) is 30.6 Å². The van der Waals surface area contributed by atoms with E-state index in [4.69, 9.17) is 36.3 Å². The van der Waals surface area contributed by atoms with Crippen LogP contribution in [-0.2, 0) is 35.0 Å². The van der Waals surface area contributed by atoms with Gasteiger partial charge in [-0.3, -0.25) is 4.57 Å². The van der Waals surface area contributed by atoms with Crippen LogP contribution in [0.2, 0.25) is 5.28 Å². The van der Waals surface area contributed by atoms with Crippen molar-refractivity contribution in [1.82, 2.24) is 19.5 Å². The molecule has 1 unspecified atom stereocenters. The molecule has 12 nitrogen and oxygen atoms in total. The zero-order valence-electron chi connectivity index (χ0n) is 20.7. The van der Waals surface area contributed by atoms with E-state index >= 15 is 4.39 Å². The van der Waals surface area contributed by atoms with Gasteiger partial charge in [-0.05, 0) is 65.7 Å². The van der Waals surface area contributed by atoms with Gasteiger partial charge in [0.1, 0.15) is 17.7 Å². The summed E-state index contributed by atoms with van der Waals surface area (Å²) < 4.78 is 40.2. The number of fused-ring (bicyclic) bond motifs is 2. The highest BCUT2D eigenvalue weighted by molar-refractivity contribution is 14.1. The van der Waals surface area contributed by atoms with Gasteiger partial charge in [0.2, 0.25) is 5.28 Å². The predicted molar refractivity (Wildman–Crippen MR) is 142 cm³/mol. The van der Waals surface area contributed by atoms with Gasteiger partial charge < -0.3 is 29.8 Å². The molecule has 39 heavy (non-hydrogen) atoms. The van der Waals surface area contributed by atoms with Gasteiger partial charge >= 0.3 is 11.9 Å². The quantitative estimate of drug-likeness (QED) is 0.148. The summed E-state index contributed by atoms with van der Waals surface area (Å²) in [6.45, 7) is 3.03. The van der Waals surface area contributed by atoms with E-state index in [0.717, 1.165) is 3.57 Å². The lowest BCUT2D eigenvalue weighted by Gasteiger charge is -2.31. The monoisotopic (exact) mass is 675 g/mol. The van der Waals surface area contributed by atoms with Gasteiger partial charge in [0, 0.05) is 9.99 Å². The second kappa shape index (κ2) is 10.4. The van der Waals surface area contributed by atoms with E-state index in [1.165, 1.54) is 10.9 Å². The SMILES string of the molecule is CCOC(=O)C(Cc1ccc(I)cc1)(OC1[C@H]2O[C@@H](n3cnc4c(N)nc(Cl)nc43)[C@@H](F)[C@@]12O)C(=O)OCC. The van der Waals surface area contributed by atoms with Crippen LogP contribution in [-0.4, -0.2) is 79.4 Å². The first-order valence-electron chi connectivity index (χ1n) is 12.0. The number of aliphatic hydroxyl groups is 1. The Hall–Kier alpha value is -2.66. The van der Waals surface area contributed by atoms with E-state index in [0.29, 0.717) is 5.56 Å². The smallest absolute Gasteiger partial charge is 0.350 e. The molecule has 1 aliphatic carbocycles. The number of esters is 2. The van der Waals surface area contributed by atoms with Crippen molar-refractivity contribution in [3.63, 3.8) is 0 Å². The van der Waals surface area contributed by atoms with Crippen molar-refractivity contribution >= 4 is 63.1 Å². The molecule has 2 aromatic heterocycles. The third-order valence-corrected chi connectivity index (χ3v) is 7.54. The van der Waals surface area contributed by atoms with Gasteiger partial charge in [-0.15, -0.1) is 0 Å². The number of aromatic nitrogens is 4. The van der Waals surface area contributed by atoms with Gasteiger partial charge in [0.05, 0.1) is 19.5 Å². The number of alkyl halides is 1. The average Bonchev–Trinajstić information content (AvgIpc) is 3.14. The van der Waals surface area contributed by atoms with E-state index in [1.54, 1.807) is 38.1 Å². The predicted octanol–water partition coefficient (Wildman–Crippen LogP) is 2.14. The average molecular weight is 676 g/mol. The number of nitrogens with two attached hydrogens (primary N) is 1. The van der Waals surface area contributed by atoms with Gasteiger partial charge in [0.25, 0.3) is 5.60 Å². The summed E-state index contributed by atoms with van der Waals surface area (Å²) in [5.74, 6) is -2.05. The fourth-order valence-electron chi connectivity index (χ4n) is 4.70. The lowest BCUT2D eigenvalue weighted by Crippen LogP contribution is -2.55. The topological polar surface area (TPSA) is 161 Å². The molecule has 5 atom stereocenters. The number of carbonyl (C=O) groups excluding carboxylic acids is 2. The normalized spacial score (nSPS) is 25.9. The van der Waals surface area contributed by atoms with Gasteiger partial charge in [-0.25, -0.2) is 19.0 Å². The van der Waals surface area contributed by atoms with Crippen LogP contribution in [0.4, 0.5) is 10.2 Å². The molecule has 2 fully saturated rings. The molecule has 1 aliphatic heterocycles. The second-order valence-electron chi connectivity index (χ2n) is 9.05. The Morgan fingerprint density at radius 2 is 1.87 bits per heavy atom. The highest BCUT2D eigenvalue weighted by Gasteiger charge is 2.80. The van der Waals surface area contributed by atoms with Crippen molar-refractivity contribution in [2.24, 2.45) is 0 Å². The molecule has 3 aromatic rings. The summed E-state index contributed by atoms with van der Waals surface area (Å²) in [7, 11) is 0. The summed E-state index contributed by atoms with van der Waals surface area (Å²) in [6, 6.07) is 7.02.